The van der Waals surface area contributed by atoms with Gasteiger partial charge < -0.3 is 20.5 Å². The molecule has 0 aromatic rings. The number of nitrogens with one attached hydrogen (secondary N) is 2. The summed E-state index contributed by atoms with van der Waals surface area (Å²) in [7, 11) is 1.77. The first-order valence-corrected chi connectivity index (χ1v) is 10.0. The number of ether oxygens (including phenoxy) is 1. The Balaban J connectivity index is 1.67. The van der Waals surface area contributed by atoms with Gasteiger partial charge in [0, 0.05) is 44.4 Å². The van der Waals surface area contributed by atoms with Crippen LogP contribution in [0.5, 0.6) is 0 Å². The van der Waals surface area contributed by atoms with Crippen LogP contribution in [0.2, 0.25) is 0 Å². The van der Waals surface area contributed by atoms with E-state index in [1.165, 1.54) is 0 Å². The van der Waals surface area contributed by atoms with Crippen molar-refractivity contribution in [1.82, 2.24) is 20.4 Å². The van der Waals surface area contributed by atoms with E-state index in [1.807, 2.05) is 11.8 Å². The topological polar surface area (TPSA) is 94.1 Å². The third kappa shape index (κ3) is 6.33. The van der Waals surface area contributed by atoms with Gasteiger partial charge in [0.25, 0.3) is 0 Å². The number of carbonyl (C=O) groups excluding carboxylic acids is 1. The van der Waals surface area contributed by atoms with Crippen molar-refractivity contribution < 1.29 is 19.4 Å². The predicted molar refractivity (Wildman–Crippen MR) is 104 cm³/mol. The van der Waals surface area contributed by atoms with Gasteiger partial charge in [-0.2, -0.15) is 0 Å². The third-order valence-electron chi connectivity index (χ3n) is 6.02. The number of likely N-dealkylation sites (N-methyl/N-ethyl adjacent to an activating group) is 1. The fourth-order valence-corrected chi connectivity index (χ4v) is 4.02. The van der Waals surface area contributed by atoms with E-state index >= 15 is 0 Å². The molecule has 1 aliphatic heterocycles. The number of aliphatic carboxylic acids is 1. The zero-order valence-electron chi connectivity index (χ0n) is 17.2. The Morgan fingerprint density at radius 2 is 1.89 bits per heavy atom. The number of carboxylic acids is 1. The van der Waals surface area contributed by atoms with Crippen LogP contribution in [-0.4, -0.2) is 90.5 Å². The van der Waals surface area contributed by atoms with Crippen LogP contribution in [0.1, 0.15) is 46.5 Å². The highest BCUT2D eigenvalue weighted by atomic mass is 16.5. The highest BCUT2D eigenvalue weighted by molar-refractivity contribution is 5.74. The number of hydrogen-bond acceptors (Lipinski definition) is 5. The molecule has 0 aromatic carbocycles. The normalized spacial score (nSPS) is 24.5. The summed E-state index contributed by atoms with van der Waals surface area (Å²) in [5.74, 6) is -0.803. The van der Waals surface area contributed by atoms with Crippen LogP contribution in [0.15, 0.2) is 0 Å². The van der Waals surface area contributed by atoms with Gasteiger partial charge in [0.1, 0.15) is 0 Å². The number of carboxylic acid groups (broad SMARTS) is 1. The lowest BCUT2D eigenvalue weighted by atomic mass is 9.85. The summed E-state index contributed by atoms with van der Waals surface area (Å²) in [6.45, 7) is 9.61. The molecule has 0 aromatic heterocycles. The van der Waals surface area contributed by atoms with Crippen molar-refractivity contribution in [2.75, 3.05) is 39.8 Å². The van der Waals surface area contributed by atoms with E-state index in [9.17, 15) is 9.59 Å². The second kappa shape index (κ2) is 9.71. The van der Waals surface area contributed by atoms with Crippen molar-refractivity contribution in [2.24, 2.45) is 0 Å². The lowest BCUT2D eigenvalue weighted by Crippen LogP contribution is -2.59. The lowest BCUT2D eigenvalue weighted by molar-refractivity contribution is -0.139. The van der Waals surface area contributed by atoms with Crippen molar-refractivity contribution in [1.29, 1.82) is 0 Å². The maximum absolute atomic E-state index is 12.2. The molecule has 8 nitrogen and oxygen atoms in total. The Bertz CT molecular complexity index is 500. The lowest BCUT2D eigenvalue weighted by Gasteiger charge is -2.43. The molecule has 2 rings (SSSR count). The monoisotopic (exact) mass is 384 g/mol. The average molecular weight is 385 g/mol. The molecule has 2 amide bonds. The molecule has 0 bridgehead atoms. The van der Waals surface area contributed by atoms with E-state index in [0.29, 0.717) is 19.2 Å². The first-order valence-electron chi connectivity index (χ1n) is 10.0. The molecule has 27 heavy (non-hydrogen) atoms. The molecular formula is C19H36N4O4. The van der Waals surface area contributed by atoms with Gasteiger partial charge in [-0.25, -0.2) is 4.79 Å². The van der Waals surface area contributed by atoms with Crippen molar-refractivity contribution in [3.05, 3.63) is 0 Å². The zero-order valence-corrected chi connectivity index (χ0v) is 17.2. The Labute approximate surface area is 162 Å². The quantitative estimate of drug-likeness (QED) is 0.551. The molecular weight excluding hydrogens is 348 g/mol. The molecule has 2 fully saturated rings. The maximum atomic E-state index is 12.2. The maximum Gasteiger partial charge on any atom is 0.317 e. The van der Waals surface area contributed by atoms with Gasteiger partial charge >= 0.3 is 12.0 Å². The Morgan fingerprint density at radius 1 is 1.26 bits per heavy atom. The number of piperidine rings is 1. The van der Waals surface area contributed by atoms with E-state index in [4.69, 9.17) is 9.84 Å². The summed E-state index contributed by atoms with van der Waals surface area (Å²) in [5, 5.41) is 15.0. The van der Waals surface area contributed by atoms with Crippen molar-refractivity contribution >= 4 is 12.0 Å². The van der Waals surface area contributed by atoms with Gasteiger partial charge in [-0.15, -0.1) is 0 Å². The van der Waals surface area contributed by atoms with Crippen LogP contribution >= 0.6 is 0 Å². The van der Waals surface area contributed by atoms with E-state index < -0.39 is 5.97 Å². The fraction of sp³-hybridized carbons (Fsp3) is 0.895. The van der Waals surface area contributed by atoms with E-state index in [-0.39, 0.29) is 30.2 Å². The molecule has 0 spiro atoms. The summed E-state index contributed by atoms with van der Waals surface area (Å²) < 4.78 is 5.43. The first-order chi connectivity index (χ1) is 12.7. The van der Waals surface area contributed by atoms with Crippen molar-refractivity contribution in [3.8, 4) is 0 Å². The second-order valence-electron chi connectivity index (χ2n) is 8.34. The van der Waals surface area contributed by atoms with E-state index in [1.54, 1.807) is 7.11 Å². The van der Waals surface area contributed by atoms with Gasteiger partial charge in [-0.3, -0.25) is 14.6 Å². The van der Waals surface area contributed by atoms with Crippen molar-refractivity contribution in [3.63, 3.8) is 0 Å². The Morgan fingerprint density at radius 3 is 2.41 bits per heavy atom. The van der Waals surface area contributed by atoms with Crippen LogP contribution in [0.3, 0.4) is 0 Å². The molecule has 8 heteroatoms. The Hall–Kier alpha value is -1.38. The number of likely N-dealkylation sites (tertiary alicyclic amines) is 1. The molecule has 156 valence electrons. The van der Waals surface area contributed by atoms with E-state index in [2.05, 4.69) is 29.4 Å². The zero-order chi connectivity index (χ0) is 20.0. The van der Waals surface area contributed by atoms with Crippen molar-refractivity contribution in [2.45, 2.75) is 70.2 Å². The molecule has 3 N–H and O–H groups in total. The van der Waals surface area contributed by atoms with Gasteiger partial charge in [0.15, 0.2) is 0 Å². The summed E-state index contributed by atoms with van der Waals surface area (Å²) in [5.41, 5.74) is -0.0985. The number of amides is 2. The van der Waals surface area contributed by atoms with Crippen LogP contribution in [0, 0.1) is 0 Å². The van der Waals surface area contributed by atoms with Gasteiger partial charge in [-0.1, -0.05) is 6.92 Å². The van der Waals surface area contributed by atoms with Gasteiger partial charge in [-0.05, 0) is 46.1 Å². The van der Waals surface area contributed by atoms with Crippen LogP contribution in [0.25, 0.3) is 0 Å². The third-order valence-corrected chi connectivity index (χ3v) is 6.02. The first kappa shape index (κ1) is 21.9. The number of methoxy groups -OCH3 is 1. The fourth-order valence-electron chi connectivity index (χ4n) is 4.02. The van der Waals surface area contributed by atoms with Crippen LogP contribution in [0.4, 0.5) is 4.79 Å². The summed E-state index contributed by atoms with van der Waals surface area (Å²) in [6.07, 6.45) is 4.02. The molecule has 0 radical (unpaired) electrons. The standard InChI is InChI=1S/C19H36N4O4/c1-5-22(12-17(24)25)15-10-14(11-15)21-18(26)20-13-19(2,3)23-8-6-16(27-4)7-9-23/h14-16H,5-13H2,1-4H3,(H,24,25)(H2,20,21,26). The molecule has 1 aliphatic carbocycles. The number of carbonyl (C=O) groups is 2. The smallest absolute Gasteiger partial charge is 0.317 e. The van der Waals surface area contributed by atoms with Crippen LogP contribution < -0.4 is 10.6 Å². The molecule has 1 heterocycles. The molecule has 2 aliphatic rings. The number of hydrogen-bond donors (Lipinski definition) is 3. The summed E-state index contributed by atoms with van der Waals surface area (Å²) in [6, 6.07) is 0.230. The van der Waals surface area contributed by atoms with Crippen LogP contribution in [-0.2, 0) is 9.53 Å². The molecule has 1 saturated carbocycles. The molecule has 1 saturated heterocycles. The van der Waals surface area contributed by atoms with Gasteiger partial charge in [0.05, 0.1) is 12.6 Å². The molecule has 0 unspecified atom stereocenters. The SMILES string of the molecule is CCN(CC(=O)O)C1CC(NC(=O)NCC(C)(C)N2CCC(OC)CC2)C1. The number of rotatable bonds is 9. The summed E-state index contributed by atoms with van der Waals surface area (Å²) in [4.78, 5) is 27.5. The van der Waals surface area contributed by atoms with E-state index in [0.717, 1.165) is 38.8 Å². The second-order valence-corrected chi connectivity index (χ2v) is 8.34. The molecule has 0 atom stereocenters. The average Bonchev–Trinajstić information content (AvgIpc) is 2.61. The highest BCUT2D eigenvalue weighted by Gasteiger charge is 2.35. The largest absolute Gasteiger partial charge is 0.480 e. The summed E-state index contributed by atoms with van der Waals surface area (Å²) >= 11 is 0. The number of nitrogens with zero attached hydrogens (tertiary/aromatic N) is 2. The minimum atomic E-state index is -0.803. The minimum absolute atomic E-state index is 0.0635. The highest BCUT2D eigenvalue weighted by Crippen LogP contribution is 2.25. The number of urea groups is 1. The van der Waals surface area contributed by atoms with Gasteiger partial charge in [0.2, 0.25) is 0 Å². The Kier molecular flexibility index (Phi) is 7.88. The predicted octanol–water partition coefficient (Wildman–Crippen LogP) is 1.11. The minimum Gasteiger partial charge on any atom is -0.480 e.